The fourth-order valence-electron chi connectivity index (χ4n) is 2.50. The van der Waals surface area contributed by atoms with E-state index >= 15 is 0 Å². The molecule has 28 heavy (non-hydrogen) atoms. The third kappa shape index (κ3) is 3.80. The molecule has 0 aliphatic carbocycles. The molecule has 0 aliphatic rings. The second-order valence-corrected chi connectivity index (χ2v) is 5.43. The first kappa shape index (κ1) is 19.0. The second-order valence-electron chi connectivity index (χ2n) is 5.43. The molecule has 0 saturated carbocycles. The number of rotatable bonds is 8. The molecule has 2 aromatic carbocycles. The molecule has 0 aliphatic heterocycles. The molecule has 3 rings (SSSR count). The Labute approximate surface area is 159 Å². The van der Waals surface area contributed by atoms with Gasteiger partial charge in [0.15, 0.2) is 23.9 Å². The Balaban J connectivity index is 1.82. The molecule has 0 radical (unpaired) electrons. The van der Waals surface area contributed by atoms with Gasteiger partial charge in [0.05, 0.1) is 26.3 Å². The summed E-state index contributed by atoms with van der Waals surface area (Å²) >= 11 is 0. The molecule has 0 saturated heterocycles. The van der Waals surface area contributed by atoms with Crippen LogP contribution in [0.2, 0.25) is 0 Å². The molecule has 1 aromatic heterocycles. The Morgan fingerprint density at radius 1 is 1.00 bits per heavy atom. The summed E-state index contributed by atoms with van der Waals surface area (Å²) in [5, 5.41) is 18.9. The van der Waals surface area contributed by atoms with Crippen molar-refractivity contribution in [3.63, 3.8) is 0 Å². The van der Waals surface area contributed by atoms with Crippen molar-refractivity contribution in [3.05, 3.63) is 52.4 Å². The lowest BCUT2D eigenvalue weighted by Gasteiger charge is -2.12. The van der Waals surface area contributed by atoms with Crippen molar-refractivity contribution in [2.45, 2.75) is 6.61 Å². The molecule has 3 aromatic rings. The largest absolute Gasteiger partial charge is 0.493 e. The minimum Gasteiger partial charge on any atom is -0.493 e. The molecule has 1 heterocycles. The maximum atomic E-state index is 11.0. The first-order valence-corrected chi connectivity index (χ1v) is 8.06. The van der Waals surface area contributed by atoms with Gasteiger partial charge in [-0.25, -0.2) is 0 Å². The summed E-state index contributed by atoms with van der Waals surface area (Å²) in [6.45, 7) is -0.123. The number of ether oxygens (including phenoxy) is 4. The third-order valence-electron chi connectivity index (χ3n) is 3.79. The van der Waals surface area contributed by atoms with Crippen molar-refractivity contribution in [1.29, 1.82) is 0 Å². The highest BCUT2D eigenvalue weighted by Gasteiger charge is 2.19. The van der Waals surface area contributed by atoms with Crippen molar-refractivity contribution >= 4 is 5.69 Å². The molecular weight excluding hydrogens is 370 g/mol. The number of nitro groups is 1. The highest BCUT2D eigenvalue weighted by atomic mass is 16.6. The van der Waals surface area contributed by atoms with Crippen LogP contribution < -0.4 is 18.9 Å². The number of methoxy groups -OCH3 is 3. The average molecular weight is 387 g/mol. The predicted molar refractivity (Wildman–Crippen MR) is 96.8 cm³/mol. The topological polar surface area (TPSA) is 119 Å². The van der Waals surface area contributed by atoms with E-state index in [1.165, 1.54) is 33.5 Å². The molecular formula is C18H17N3O7. The van der Waals surface area contributed by atoms with Gasteiger partial charge in [-0.1, -0.05) is 12.1 Å². The molecule has 0 bridgehead atoms. The van der Waals surface area contributed by atoms with Gasteiger partial charge in [0.25, 0.3) is 5.89 Å². The van der Waals surface area contributed by atoms with E-state index in [0.29, 0.717) is 22.8 Å². The molecule has 0 N–H and O–H groups in total. The van der Waals surface area contributed by atoms with Gasteiger partial charge < -0.3 is 23.4 Å². The van der Waals surface area contributed by atoms with E-state index in [1.54, 1.807) is 24.3 Å². The summed E-state index contributed by atoms with van der Waals surface area (Å²) in [5.74, 6) is 1.79. The van der Waals surface area contributed by atoms with Crippen molar-refractivity contribution in [2.24, 2.45) is 0 Å². The lowest BCUT2D eigenvalue weighted by atomic mass is 10.2. The zero-order chi connectivity index (χ0) is 20.1. The molecule has 146 valence electrons. The number of hydrogen-bond donors (Lipinski definition) is 0. The van der Waals surface area contributed by atoms with Crippen LogP contribution in [-0.2, 0) is 6.61 Å². The van der Waals surface area contributed by atoms with Crippen molar-refractivity contribution < 1.29 is 28.3 Å². The first-order chi connectivity index (χ1) is 13.6. The normalized spacial score (nSPS) is 10.4. The van der Waals surface area contributed by atoms with Gasteiger partial charge in [-0.2, -0.15) is 0 Å². The van der Waals surface area contributed by atoms with Crippen LogP contribution in [0.5, 0.6) is 23.0 Å². The van der Waals surface area contributed by atoms with Gasteiger partial charge in [0.1, 0.15) is 0 Å². The third-order valence-corrected chi connectivity index (χ3v) is 3.79. The van der Waals surface area contributed by atoms with Gasteiger partial charge in [-0.3, -0.25) is 10.1 Å². The molecule has 10 nitrogen and oxygen atoms in total. The van der Waals surface area contributed by atoms with Gasteiger partial charge >= 0.3 is 5.69 Å². The van der Waals surface area contributed by atoms with E-state index in [9.17, 15) is 10.1 Å². The number of benzene rings is 2. The number of para-hydroxylation sites is 2. The summed E-state index contributed by atoms with van der Waals surface area (Å²) < 4.78 is 26.9. The van der Waals surface area contributed by atoms with Gasteiger partial charge in [-0.05, 0) is 18.2 Å². The first-order valence-electron chi connectivity index (χ1n) is 8.06. The average Bonchev–Trinajstić information content (AvgIpc) is 3.20. The summed E-state index contributed by atoms with van der Waals surface area (Å²) in [6, 6.07) is 9.37. The van der Waals surface area contributed by atoms with E-state index in [-0.39, 0.29) is 29.8 Å². The Bertz CT molecular complexity index is 962. The van der Waals surface area contributed by atoms with E-state index in [1.807, 2.05) is 0 Å². The summed E-state index contributed by atoms with van der Waals surface area (Å²) in [5.41, 5.74) is 0.408. The van der Waals surface area contributed by atoms with Crippen molar-refractivity contribution in [2.75, 3.05) is 21.3 Å². The zero-order valence-electron chi connectivity index (χ0n) is 15.4. The van der Waals surface area contributed by atoms with Crippen LogP contribution >= 0.6 is 0 Å². The zero-order valence-corrected chi connectivity index (χ0v) is 15.4. The number of aromatic nitrogens is 2. The summed E-state index contributed by atoms with van der Waals surface area (Å²) in [4.78, 5) is 10.5. The van der Waals surface area contributed by atoms with Crippen molar-refractivity contribution in [3.8, 4) is 34.5 Å². The maximum absolute atomic E-state index is 11.0. The fourth-order valence-corrected chi connectivity index (χ4v) is 2.50. The highest BCUT2D eigenvalue weighted by Crippen LogP contribution is 2.40. The Morgan fingerprint density at radius 3 is 2.29 bits per heavy atom. The maximum Gasteiger partial charge on any atom is 0.310 e. The van der Waals surface area contributed by atoms with E-state index in [4.69, 9.17) is 23.4 Å². The van der Waals surface area contributed by atoms with Gasteiger partial charge in [-0.15, -0.1) is 10.2 Å². The van der Waals surface area contributed by atoms with Crippen LogP contribution in [0.3, 0.4) is 0 Å². The minimum atomic E-state index is -0.523. The Hall–Kier alpha value is -3.82. The van der Waals surface area contributed by atoms with Crippen LogP contribution in [0, 0.1) is 10.1 Å². The SMILES string of the molecule is COc1cc(-c2nnc(COc3ccccc3[N+](=O)[O-])o2)cc(OC)c1OC. The second kappa shape index (κ2) is 8.25. The van der Waals surface area contributed by atoms with Crippen LogP contribution in [-0.4, -0.2) is 36.5 Å². The standard InChI is InChI=1S/C18H17N3O7/c1-24-14-8-11(9-15(25-2)17(14)26-3)18-20-19-16(28-18)10-27-13-7-5-4-6-12(13)21(22)23/h4-9H,10H2,1-3H3. The number of hydrogen-bond acceptors (Lipinski definition) is 9. The smallest absolute Gasteiger partial charge is 0.310 e. The quantitative estimate of drug-likeness (QED) is 0.424. The van der Waals surface area contributed by atoms with Crippen LogP contribution in [0.25, 0.3) is 11.5 Å². The lowest BCUT2D eigenvalue weighted by molar-refractivity contribution is -0.386. The van der Waals surface area contributed by atoms with Crippen molar-refractivity contribution in [1.82, 2.24) is 10.2 Å². The van der Waals surface area contributed by atoms with Crippen LogP contribution in [0.15, 0.2) is 40.8 Å². The van der Waals surface area contributed by atoms with E-state index < -0.39 is 4.92 Å². The Morgan fingerprint density at radius 2 is 1.68 bits per heavy atom. The van der Waals surface area contributed by atoms with E-state index in [0.717, 1.165) is 0 Å². The van der Waals surface area contributed by atoms with Gasteiger partial charge in [0.2, 0.25) is 11.6 Å². The molecule has 10 heteroatoms. The number of nitrogens with zero attached hydrogens (tertiary/aromatic N) is 3. The summed E-state index contributed by atoms with van der Waals surface area (Å²) in [6.07, 6.45) is 0. The molecule has 0 amide bonds. The monoisotopic (exact) mass is 387 g/mol. The fraction of sp³-hybridized carbons (Fsp3) is 0.222. The Kier molecular flexibility index (Phi) is 5.58. The van der Waals surface area contributed by atoms with Crippen LogP contribution in [0.4, 0.5) is 5.69 Å². The lowest BCUT2D eigenvalue weighted by Crippen LogP contribution is -1.99. The number of nitro benzene ring substituents is 1. The predicted octanol–water partition coefficient (Wildman–Crippen LogP) is 3.25. The summed E-state index contributed by atoms with van der Waals surface area (Å²) in [7, 11) is 4.51. The molecule has 0 spiro atoms. The minimum absolute atomic E-state index is 0.111. The molecule has 0 atom stereocenters. The van der Waals surface area contributed by atoms with E-state index in [2.05, 4.69) is 10.2 Å². The highest BCUT2D eigenvalue weighted by molar-refractivity contribution is 5.65. The molecule has 0 fully saturated rings. The van der Waals surface area contributed by atoms with Crippen LogP contribution in [0.1, 0.15) is 5.89 Å². The van der Waals surface area contributed by atoms with Gasteiger partial charge in [0, 0.05) is 11.6 Å². The molecule has 0 unspecified atom stereocenters.